The molecule has 0 heterocycles. The molecule has 0 radical (unpaired) electrons. The predicted molar refractivity (Wildman–Crippen MR) is 72.5 cm³/mol. The van der Waals surface area contributed by atoms with E-state index in [-0.39, 0.29) is 24.6 Å². The number of allylic oxidation sites excluding steroid dienone is 2. The van der Waals surface area contributed by atoms with Crippen LogP contribution in [0.1, 0.15) is 34.1 Å². The van der Waals surface area contributed by atoms with Gasteiger partial charge < -0.3 is 10.2 Å². The number of rotatable bonds is 4. The maximum Gasteiger partial charge on any atom is 0.161 e. The van der Waals surface area contributed by atoms with Gasteiger partial charge in [0.25, 0.3) is 0 Å². The highest BCUT2D eigenvalue weighted by Crippen LogP contribution is 2.43. The second-order valence-corrected chi connectivity index (χ2v) is 5.89. The average molecular weight is 266 g/mol. The minimum atomic E-state index is -1.19. The molecule has 0 unspecified atom stereocenters. The van der Waals surface area contributed by atoms with E-state index in [0.717, 1.165) is 0 Å². The van der Waals surface area contributed by atoms with Crippen molar-refractivity contribution in [3.8, 4) is 0 Å². The summed E-state index contributed by atoms with van der Waals surface area (Å²) in [6.07, 6.45) is 4.37. The normalized spacial score (nSPS) is 30.5. The van der Waals surface area contributed by atoms with Gasteiger partial charge in [0, 0.05) is 17.8 Å². The first-order valence-corrected chi connectivity index (χ1v) is 6.39. The Morgan fingerprint density at radius 1 is 1.42 bits per heavy atom. The summed E-state index contributed by atoms with van der Waals surface area (Å²) in [5.41, 5.74) is -1.52. The summed E-state index contributed by atoms with van der Waals surface area (Å²) in [4.78, 5) is 24.0. The third-order valence-corrected chi connectivity index (χ3v) is 4.01. The van der Waals surface area contributed by atoms with Gasteiger partial charge >= 0.3 is 0 Å². The lowest BCUT2D eigenvalue weighted by Crippen LogP contribution is -2.49. The van der Waals surface area contributed by atoms with E-state index in [1.807, 2.05) is 0 Å². The Kier molecular flexibility index (Phi) is 4.48. The number of carbonyl (C=O) groups excluding carboxylic acids is 2. The van der Waals surface area contributed by atoms with E-state index >= 15 is 0 Å². The van der Waals surface area contributed by atoms with Crippen LogP contribution in [-0.2, 0) is 9.59 Å². The zero-order valence-corrected chi connectivity index (χ0v) is 11.9. The van der Waals surface area contributed by atoms with Crippen LogP contribution < -0.4 is 0 Å². The van der Waals surface area contributed by atoms with Crippen LogP contribution >= 0.6 is 0 Å². The quantitative estimate of drug-likeness (QED) is 0.755. The number of Topliss-reactive ketones (excluding diaryl/α,β-unsaturated/α-hetero) is 1. The van der Waals surface area contributed by atoms with Crippen LogP contribution in [0.15, 0.2) is 23.8 Å². The van der Waals surface area contributed by atoms with Gasteiger partial charge in [0.05, 0.1) is 12.2 Å². The Labute approximate surface area is 113 Å². The predicted octanol–water partition coefficient (Wildman–Crippen LogP) is 1.42. The van der Waals surface area contributed by atoms with Gasteiger partial charge in [-0.05, 0) is 31.6 Å². The maximum absolute atomic E-state index is 12.1. The highest BCUT2D eigenvalue weighted by molar-refractivity contribution is 5.98. The number of ketones is 2. The second-order valence-electron chi connectivity index (χ2n) is 5.89. The summed E-state index contributed by atoms with van der Waals surface area (Å²) >= 11 is 0. The van der Waals surface area contributed by atoms with Crippen LogP contribution in [0.25, 0.3) is 0 Å². The lowest BCUT2D eigenvalue weighted by atomic mass is 9.62. The van der Waals surface area contributed by atoms with Crippen molar-refractivity contribution in [2.45, 2.75) is 39.7 Å². The summed E-state index contributed by atoms with van der Waals surface area (Å²) in [6, 6.07) is 0. The minimum absolute atomic E-state index is 0.0818. The number of hydrogen-bond acceptors (Lipinski definition) is 4. The van der Waals surface area contributed by atoms with Crippen LogP contribution in [0.2, 0.25) is 0 Å². The molecule has 0 bridgehead atoms. The van der Waals surface area contributed by atoms with Crippen molar-refractivity contribution in [2.24, 2.45) is 11.3 Å². The molecule has 19 heavy (non-hydrogen) atoms. The van der Waals surface area contributed by atoms with Crippen LogP contribution in [-0.4, -0.2) is 34.0 Å². The van der Waals surface area contributed by atoms with Crippen molar-refractivity contribution in [1.82, 2.24) is 0 Å². The van der Waals surface area contributed by atoms with E-state index in [2.05, 4.69) is 0 Å². The molecule has 0 aromatic heterocycles. The molecule has 0 aromatic carbocycles. The fourth-order valence-electron chi connectivity index (χ4n) is 2.54. The second kappa shape index (κ2) is 5.39. The van der Waals surface area contributed by atoms with Crippen molar-refractivity contribution in [3.63, 3.8) is 0 Å². The molecule has 0 amide bonds. The Balaban J connectivity index is 3.03. The molecule has 0 aromatic rings. The summed E-state index contributed by atoms with van der Waals surface area (Å²) in [5, 5.41) is 19.2. The minimum Gasteiger partial charge on any atom is -0.392 e. The number of aliphatic hydroxyl groups excluding tert-OH is 1. The maximum atomic E-state index is 12.1. The Hall–Kier alpha value is -1.26. The van der Waals surface area contributed by atoms with Gasteiger partial charge in [-0.3, -0.25) is 9.59 Å². The molecule has 0 spiro atoms. The van der Waals surface area contributed by atoms with Crippen molar-refractivity contribution in [2.75, 3.05) is 6.61 Å². The number of aliphatic hydroxyl groups is 2. The van der Waals surface area contributed by atoms with E-state index in [1.165, 1.54) is 18.2 Å². The molecule has 2 atom stereocenters. The van der Waals surface area contributed by atoms with Crippen molar-refractivity contribution < 1.29 is 19.8 Å². The topological polar surface area (TPSA) is 74.6 Å². The van der Waals surface area contributed by atoms with Gasteiger partial charge in [-0.25, -0.2) is 0 Å². The van der Waals surface area contributed by atoms with Crippen molar-refractivity contribution in [3.05, 3.63) is 23.8 Å². The standard InChI is InChI=1S/C15H22O4/c1-10(6-8-16)11(17)9-12-14(2,3)13(18)5-7-15(12,4)19/h5-7,12,16,19H,8-9H2,1-4H3/b10-6-/t12-,15+/m1/s1. The third kappa shape index (κ3) is 3.19. The highest BCUT2D eigenvalue weighted by Gasteiger charge is 2.48. The van der Waals surface area contributed by atoms with E-state index < -0.39 is 16.9 Å². The first kappa shape index (κ1) is 15.8. The number of hydrogen-bond donors (Lipinski definition) is 2. The van der Waals surface area contributed by atoms with E-state index in [4.69, 9.17) is 5.11 Å². The molecular formula is C15H22O4. The molecule has 0 saturated heterocycles. The third-order valence-electron chi connectivity index (χ3n) is 4.01. The highest BCUT2D eigenvalue weighted by atomic mass is 16.3. The van der Waals surface area contributed by atoms with Gasteiger partial charge in [0.15, 0.2) is 11.6 Å². The van der Waals surface area contributed by atoms with E-state index in [0.29, 0.717) is 5.57 Å². The Morgan fingerprint density at radius 3 is 2.53 bits per heavy atom. The molecule has 0 aliphatic heterocycles. The van der Waals surface area contributed by atoms with Crippen LogP contribution in [0, 0.1) is 11.3 Å². The van der Waals surface area contributed by atoms with Crippen LogP contribution in [0.3, 0.4) is 0 Å². The molecule has 2 N–H and O–H groups in total. The van der Waals surface area contributed by atoms with Gasteiger partial charge in [0.1, 0.15) is 0 Å². The first-order valence-electron chi connectivity index (χ1n) is 6.39. The fraction of sp³-hybridized carbons (Fsp3) is 0.600. The summed E-state index contributed by atoms with van der Waals surface area (Å²) in [7, 11) is 0. The zero-order chi connectivity index (χ0) is 14.8. The smallest absolute Gasteiger partial charge is 0.161 e. The van der Waals surface area contributed by atoms with E-state index in [9.17, 15) is 14.7 Å². The number of carbonyl (C=O) groups is 2. The molecule has 0 saturated carbocycles. The Morgan fingerprint density at radius 2 is 2.00 bits per heavy atom. The lowest BCUT2D eigenvalue weighted by Gasteiger charge is -2.43. The molecule has 0 fully saturated rings. The molecule has 1 aliphatic rings. The van der Waals surface area contributed by atoms with E-state index in [1.54, 1.807) is 27.7 Å². The van der Waals surface area contributed by atoms with Crippen LogP contribution in [0.4, 0.5) is 0 Å². The average Bonchev–Trinajstić information content (AvgIpc) is 2.30. The molecule has 4 heteroatoms. The summed E-state index contributed by atoms with van der Waals surface area (Å²) in [6.45, 7) is 6.54. The molecule has 106 valence electrons. The molecular weight excluding hydrogens is 244 g/mol. The van der Waals surface area contributed by atoms with Crippen molar-refractivity contribution >= 4 is 11.6 Å². The SMILES string of the molecule is C/C(=C/CO)C(=O)C[C@@H]1C(C)(C)C(=O)C=C[C@]1(C)O. The largest absolute Gasteiger partial charge is 0.392 e. The molecule has 4 nitrogen and oxygen atoms in total. The van der Waals surface area contributed by atoms with Gasteiger partial charge in [-0.15, -0.1) is 0 Å². The van der Waals surface area contributed by atoms with Crippen molar-refractivity contribution in [1.29, 1.82) is 0 Å². The summed E-state index contributed by atoms with van der Waals surface area (Å²) < 4.78 is 0. The monoisotopic (exact) mass is 266 g/mol. The van der Waals surface area contributed by atoms with Gasteiger partial charge in [-0.2, -0.15) is 0 Å². The lowest BCUT2D eigenvalue weighted by molar-refractivity contribution is -0.135. The van der Waals surface area contributed by atoms with Crippen LogP contribution in [0.5, 0.6) is 0 Å². The van der Waals surface area contributed by atoms with Gasteiger partial charge in [-0.1, -0.05) is 19.9 Å². The molecule has 1 rings (SSSR count). The van der Waals surface area contributed by atoms with Gasteiger partial charge in [0.2, 0.25) is 0 Å². The first-order chi connectivity index (χ1) is 8.63. The zero-order valence-electron chi connectivity index (χ0n) is 11.9. The summed E-state index contributed by atoms with van der Waals surface area (Å²) in [5.74, 6) is -0.719. The Bertz CT molecular complexity index is 441. The molecule has 1 aliphatic carbocycles. The fourth-order valence-corrected chi connectivity index (χ4v) is 2.54.